The third-order valence-corrected chi connectivity index (χ3v) is 4.36. The first-order valence-corrected chi connectivity index (χ1v) is 7.64. The van der Waals surface area contributed by atoms with Crippen LogP contribution in [0.1, 0.15) is 36.8 Å². The number of carbonyl (C=O) groups is 1. The summed E-state index contributed by atoms with van der Waals surface area (Å²) in [6.07, 6.45) is 1.90. The van der Waals surface area contributed by atoms with Gasteiger partial charge in [0.1, 0.15) is 0 Å². The second-order valence-electron chi connectivity index (χ2n) is 5.95. The number of benzene rings is 2. The van der Waals surface area contributed by atoms with Crippen molar-refractivity contribution in [2.75, 3.05) is 0 Å². The topological polar surface area (TPSA) is 29.1 Å². The highest BCUT2D eigenvalue weighted by Crippen LogP contribution is 2.32. The molecule has 1 amide bonds. The minimum absolute atomic E-state index is 0.141. The van der Waals surface area contributed by atoms with Gasteiger partial charge in [-0.05, 0) is 24.0 Å². The molecule has 2 unspecified atom stereocenters. The first kappa shape index (κ1) is 13.9. The Kier molecular flexibility index (Phi) is 4.05. The molecule has 1 fully saturated rings. The lowest BCUT2D eigenvalue weighted by molar-refractivity contribution is -0.122. The SMILES string of the molecule is CC1CC(CC(c2ccccc2)c2ccccc2)NC1=O. The third kappa shape index (κ3) is 3.15. The molecule has 1 saturated heterocycles. The van der Waals surface area contributed by atoms with E-state index in [1.54, 1.807) is 0 Å². The van der Waals surface area contributed by atoms with Crippen molar-refractivity contribution in [3.8, 4) is 0 Å². The van der Waals surface area contributed by atoms with Crippen molar-refractivity contribution in [1.82, 2.24) is 5.32 Å². The van der Waals surface area contributed by atoms with Crippen LogP contribution >= 0.6 is 0 Å². The normalized spacial score (nSPS) is 21.5. The van der Waals surface area contributed by atoms with Crippen molar-refractivity contribution >= 4 is 5.91 Å². The summed E-state index contributed by atoms with van der Waals surface area (Å²) in [5.41, 5.74) is 2.63. The largest absolute Gasteiger partial charge is 0.353 e. The second-order valence-corrected chi connectivity index (χ2v) is 5.95. The van der Waals surface area contributed by atoms with Gasteiger partial charge >= 0.3 is 0 Å². The van der Waals surface area contributed by atoms with E-state index < -0.39 is 0 Å². The van der Waals surface area contributed by atoms with Crippen molar-refractivity contribution < 1.29 is 4.79 Å². The van der Waals surface area contributed by atoms with Gasteiger partial charge in [0.2, 0.25) is 5.91 Å². The van der Waals surface area contributed by atoms with Crippen LogP contribution in [0.5, 0.6) is 0 Å². The van der Waals surface area contributed by atoms with Crippen molar-refractivity contribution in [2.24, 2.45) is 5.92 Å². The molecule has 21 heavy (non-hydrogen) atoms. The molecule has 1 aliphatic rings. The van der Waals surface area contributed by atoms with E-state index in [0.29, 0.717) is 5.92 Å². The number of rotatable bonds is 4. The maximum Gasteiger partial charge on any atom is 0.223 e. The lowest BCUT2D eigenvalue weighted by Gasteiger charge is -2.22. The van der Waals surface area contributed by atoms with E-state index in [-0.39, 0.29) is 17.9 Å². The summed E-state index contributed by atoms with van der Waals surface area (Å²) in [6, 6.07) is 21.4. The molecule has 2 atom stereocenters. The van der Waals surface area contributed by atoms with Crippen LogP contribution in [-0.4, -0.2) is 11.9 Å². The Morgan fingerprint density at radius 1 is 1.00 bits per heavy atom. The Bertz CT molecular complexity index is 554. The predicted octanol–water partition coefficient (Wildman–Crippen LogP) is 3.73. The molecule has 2 aromatic carbocycles. The highest BCUT2D eigenvalue weighted by atomic mass is 16.2. The van der Waals surface area contributed by atoms with E-state index in [0.717, 1.165) is 12.8 Å². The van der Waals surface area contributed by atoms with Crippen LogP contribution in [0.2, 0.25) is 0 Å². The lowest BCUT2D eigenvalue weighted by Crippen LogP contribution is -2.27. The monoisotopic (exact) mass is 279 g/mol. The molecule has 3 rings (SSSR count). The molecular weight excluding hydrogens is 258 g/mol. The molecule has 2 aromatic rings. The zero-order chi connectivity index (χ0) is 14.7. The van der Waals surface area contributed by atoms with Crippen molar-refractivity contribution in [3.63, 3.8) is 0 Å². The number of nitrogens with one attached hydrogen (secondary N) is 1. The fourth-order valence-corrected chi connectivity index (χ4v) is 3.21. The first-order chi connectivity index (χ1) is 10.2. The van der Waals surface area contributed by atoms with Crippen molar-refractivity contribution in [3.05, 3.63) is 71.8 Å². The van der Waals surface area contributed by atoms with Gasteiger partial charge in [0.25, 0.3) is 0 Å². The lowest BCUT2D eigenvalue weighted by atomic mass is 9.85. The summed E-state index contributed by atoms with van der Waals surface area (Å²) >= 11 is 0. The average Bonchev–Trinajstić information content (AvgIpc) is 2.85. The molecule has 0 radical (unpaired) electrons. The smallest absolute Gasteiger partial charge is 0.223 e. The molecule has 0 aromatic heterocycles. The van der Waals surface area contributed by atoms with Crippen molar-refractivity contribution in [2.45, 2.75) is 31.7 Å². The van der Waals surface area contributed by atoms with Crippen LogP contribution in [0.25, 0.3) is 0 Å². The molecular formula is C19H21NO. The van der Waals surface area contributed by atoms with Gasteiger partial charge in [-0.3, -0.25) is 4.79 Å². The van der Waals surface area contributed by atoms with Crippen LogP contribution in [0.4, 0.5) is 0 Å². The van der Waals surface area contributed by atoms with Crippen LogP contribution in [0.3, 0.4) is 0 Å². The Balaban J connectivity index is 1.85. The minimum Gasteiger partial charge on any atom is -0.353 e. The number of carbonyl (C=O) groups excluding carboxylic acids is 1. The van der Waals surface area contributed by atoms with Crippen LogP contribution in [0, 0.1) is 5.92 Å². The van der Waals surface area contributed by atoms with Gasteiger partial charge in [-0.15, -0.1) is 0 Å². The fraction of sp³-hybridized carbons (Fsp3) is 0.316. The van der Waals surface area contributed by atoms with Gasteiger partial charge in [0.05, 0.1) is 0 Å². The first-order valence-electron chi connectivity index (χ1n) is 7.64. The highest BCUT2D eigenvalue weighted by molar-refractivity contribution is 5.80. The maximum atomic E-state index is 11.7. The zero-order valence-corrected chi connectivity index (χ0v) is 12.3. The van der Waals surface area contributed by atoms with E-state index in [4.69, 9.17) is 0 Å². The highest BCUT2D eigenvalue weighted by Gasteiger charge is 2.30. The van der Waals surface area contributed by atoms with E-state index in [2.05, 4.69) is 53.8 Å². The molecule has 2 heteroatoms. The third-order valence-electron chi connectivity index (χ3n) is 4.36. The number of hydrogen-bond donors (Lipinski definition) is 1. The van der Waals surface area contributed by atoms with E-state index in [1.165, 1.54) is 11.1 Å². The number of amides is 1. The molecule has 0 bridgehead atoms. The summed E-state index contributed by atoms with van der Waals surface area (Å²) in [4.78, 5) is 11.7. The molecule has 0 saturated carbocycles. The standard InChI is InChI=1S/C19H21NO/c1-14-12-17(20-19(14)21)13-18(15-8-4-2-5-9-15)16-10-6-3-7-11-16/h2-11,14,17-18H,12-13H2,1H3,(H,20,21). The predicted molar refractivity (Wildman–Crippen MR) is 85.1 cm³/mol. The Morgan fingerprint density at radius 2 is 1.52 bits per heavy atom. The van der Waals surface area contributed by atoms with Gasteiger partial charge in [-0.1, -0.05) is 67.6 Å². The van der Waals surface area contributed by atoms with E-state index >= 15 is 0 Å². The molecule has 0 aliphatic carbocycles. The Hall–Kier alpha value is -2.09. The molecule has 1 aliphatic heterocycles. The van der Waals surface area contributed by atoms with Gasteiger partial charge in [0.15, 0.2) is 0 Å². The maximum absolute atomic E-state index is 11.7. The van der Waals surface area contributed by atoms with Gasteiger partial charge in [-0.25, -0.2) is 0 Å². The zero-order valence-electron chi connectivity index (χ0n) is 12.3. The van der Waals surface area contributed by atoms with Gasteiger partial charge < -0.3 is 5.32 Å². The molecule has 1 N–H and O–H groups in total. The Morgan fingerprint density at radius 3 is 1.95 bits per heavy atom. The second kappa shape index (κ2) is 6.13. The summed E-state index contributed by atoms with van der Waals surface area (Å²) < 4.78 is 0. The summed E-state index contributed by atoms with van der Waals surface area (Å²) in [6.45, 7) is 2.01. The molecule has 0 spiro atoms. The molecule has 2 nitrogen and oxygen atoms in total. The van der Waals surface area contributed by atoms with Crippen LogP contribution in [-0.2, 0) is 4.79 Å². The fourth-order valence-electron chi connectivity index (χ4n) is 3.21. The Labute approximate surface area is 126 Å². The quantitative estimate of drug-likeness (QED) is 0.907. The number of hydrogen-bond acceptors (Lipinski definition) is 1. The van der Waals surface area contributed by atoms with Gasteiger partial charge in [-0.2, -0.15) is 0 Å². The molecule has 108 valence electrons. The van der Waals surface area contributed by atoms with E-state index in [1.807, 2.05) is 19.1 Å². The van der Waals surface area contributed by atoms with Crippen LogP contribution in [0.15, 0.2) is 60.7 Å². The summed E-state index contributed by atoms with van der Waals surface area (Å²) in [7, 11) is 0. The summed E-state index contributed by atoms with van der Waals surface area (Å²) in [5.74, 6) is 0.671. The van der Waals surface area contributed by atoms with Crippen LogP contribution < -0.4 is 5.32 Å². The van der Waals surface area contributed by atoms with E-state index in [9.17, 15) is 4.79 Å². The molecule has 1 heterocycles. The van der Waals surface area contributed by atoms with Gasteiger partial charge in [0, 0.05) is 17.9 Å². The summed E-state index contributed by atoms with van der Waals surface area (Å²) in [5, 5.41) is 3.13. The minimum atomic E-state index is 0.141. The van der Waals surface area contributed by atoms with Crippen molar-refractivity contribution in [1.29, 1.82) is 0 Å². The average molecular weight is 279 g/mol.